The molecule has 1 fully saturated rings. The number of amides is 1. The van der Waals surface area contributed by atoms with Gasteiger partial charge in [-0.3, -0.25) is 10.1 Å². The minimum Gasteiger partial charge on any atom is -0.494 e. The number of ether oxygens (including phenoxy) is 2. The van der Waals surface area contributed by atoms with Gasteiger partial charge in [0.1, 0.15) is 11.9 Å². The molecule has 0 aromatic heterocycles. The zero-order valence-electron chi connectivity index (χ0n) is 14.5. The zero-order chi connectivity index (χ0) is 17.9. The summed E-state index contributed by atoms with van der Waals surface area (Å²) in [5, 5.41) is 6.29. The third kappa shape index (κ3) is 3.28. The van der Waals surface area contributed by atoms with Crippen molar-refractivity contribution in [3.8, 4) is 5.75 Å². The minimum absolute atomic E-state index is 0.167. The van der Waals surface area contributed by atoms with E-state index in [4.69, 9.17) is 9.47 Å². The van der Waals surface area contributed by atoms with Crippen LogP contribution in [0.5, 0.6) is 5.75 Å². The standard InChI is InChI=1S/C20H21N3O3/c1-2-12-25-15-10-8-13(9-11-15)17-21-18-16(19(24)22-17)26-20(23-18)14-6-4-3-5-7-14/h3-11,16-18,21H,2,12H2,1H3,(H,22,24). The largest absolute Gasteiger partial charge is 0.494 e. The number of carbonyl (C=O) groups excluding carboxylic acids is 1. The molecule has 2 aromatic rings. The number of carbonyl (C=O) groups is 1. The summed E-state index contributed by atoms with van der Waals surface area (Å²) in [6, 6.07) is 17.3. The van der Waals surface area contributed by atoms with E-state index in [1.54, 1.807) is 0 Å². The van der Waals surface area contributed by atoms with Crippen LogP contribution in [0.2, 0.25) is 0 Å². The molecule has 26 heavy (non-hydrogen) atoms. The van der Waals surface area contributed by atoms with Gasteiger partial charge in [0.05, 0.1) is 6.61 Å². The maximum atomic E-state index is 12.5. The smallest absolute Gasteiger partial charge is 0.266 e. The van der Waals surface area contributed by atoms with E-state index in [9.17, 15) is 4.79 Å². The van der Waals surface area contributed by atoms with Gasteiger partial charge in [-0.1, -0.05) is 37.3 Å². The van der Waals surface area contributed by atoms with Gasteiger partial charge < -0.3 is 14.8 Å². The Morgan fingerprint density at radius 3 is 2.62 bits per heavy atom. The van der Waals surface area contributed by atoms with E-state index in [0.717, 1.165) is 23.3 Å². The third-order valence-electron chi connectivity index (χ3n) is 4.37. The van der Waals surface area contributed by atoms with Crippen molar-refractivity contribution in [2.45, 2.75) is 31.8 Å². The second-order valence-electron chi connectivity index (χ2n) is 6.31. The van der Waals surface area contributed by atoms with Gasteiger partial charge in [-0.15, -0.1) is 0 Å². The lowest BCUT2D eigenvalue weighted by Crippen LogP contribution is -2.58. The van der Waals surface area contributed by atoms with Crippen LogP contribution >= 0.6 is 0 Å². The summed E-state index contributed by atoms with van der Waals surface area (Å²) < 4.78 is 11.4. The summed E-state index contributed by atoms with van der Waals surface area (Å²) in [7, 11) is 0. The maximum absolute atomic E-state index is 12.5. The number of hydrogen-bond donors (Lipinski definition) is 2. The molecule has 2 aliphatic heterocycles. The average Bonchev–Trinajstić information content (AvgIpc) is 3.12. The van der Waals surface area contributed by atoms with Crippen molar-refractivity contribution >= 4 is 11.8 Å². The normalized spacial score (nSPS) is 24.3. The van der Waals surface area contributed by atoms with Gasteiger partial charge >= 0.3 is 0 Å². The summed E-state index contributed by atoms with van der Waals surface area (Å²) in [6.45, 7) is 2.76. The monoisotopic (exact) mass is 351 g/mol. The Balaban J connectivity index is 1.49. The molecule has 1 saturated heterocycles. The lowest BCUT2D eigenvalue weighted by atomic mass is 10.1. The summed E-state index contributed by atoms with van der Waals surface area (Å²) in [4.78, 5) is 17.0. The van der Waals surface area contributed by atoms with Crippen LogP contribution in [-0.2, 0) is 9.53 Å². The predicted molar refractivity (Wildman–Crippen MR) is 97.9 cm³/mol. The molecule has 2 heterocycles. The van der Waals surface area contributed by atoms with Crippen molar-refractivity contribution in [2.24, 2.45) is 4.99 Å². The fourth-order valence-electron chi connectivity index (χ4n) is 3.05. The Bertz CT molecular complexity index is 805. The highest BCUT2D eigenvalue weighted by atomic mass is 16.5. The molecule has 134 valence electrons. The van der Waals surface area contributed by atoms with Gasteiger partial charge in [-0.25, -0.2) is 4.99 Å². The van der Waals surface area contributed by atoms with Crippen LogP contribution in [0.3, 0.4) is 0 Å². The molecule has 0 spiro atoms. The van der Waals surface area contributed by atoms with E-state index < -0.39 is 12.3 Å². The Hall–Kier alpha value is -2.86. The molecule has 0 bridgehead atoms. The Morgan fingerprint density at radius 2 is 1.88 bits per heavy atom. The molecule has 0 saturated carbocycles. The summed E-state index contributed by atoms with van der Waals surface area (Å²) in [5.41, 5.74) is 1.81. The first-order valence-electron chi connectivity index (χ1n) is 8.83. The van der Waals surface area contributed by atoms with Crippen molar-refractivity contribution in [1.82, 2.24) is 10.6 Å². The molecule has 4 rings (SSSR count). The van der Waals surface area contributed by atoms with Crippen molar-refractivity contribution in [2.75, 3.05) is 6.61 Å². The van der Waals surface area contributed by atoms with E-state index in [0.29, 0.717) is 12.5 Å². The number of nitrogens with zero attached hydrogens (tertiary/aromatic N) is 1. The van der Waals surface area contributed by atoms with Crippen molar-refractivity contribution in [1.29, 1.82) is 0 Å². The van der Waals surface area contributed by atoms with Crippen LogP contribution in [0.1, 0.15) is 30.6 Å². The molecule has 1 amide bonds. The van der Waals surface area contributed by atoms with Gasteiger partial charge in [-0.05, 0) is 36.2 Å². The van der Waals surface area contributed by atoms with Crippen LogP contribution in [0.25, 0.3) is 0 Å². The van der Waals surface area contributed by atoms with E-state index in [1.807, 2.05) is 54.6 Å². The molecule has 2 N–H and O–H groups in total. The van der Waals surface area contributed by atoms with E-state index >= 15 is 0 Å². The Labute approximate surface area is 152 Å². The van der Waals surface area contributed by atoms with Gasteiger partial charge in [0.25, 0.3) is 5.91 Å². The SMILES string of the molecule is CCCOc1ccc(C2NC(=O)C3OC(c4ccccc4)=NC3N2)cc1. The topological polar surface area (TPSA) is 72.0 Å². The molecule has 0 radical (unpaired) electrons. The van der Waals surface area contributed by atoms with Crippen LogP contribution in [0.15, 0.2) is 59.6 Å². The highest BCUT2D eigenvalue weighted by Gasteiger charge is 2.43. The molecular formula is C20H21N3O3. The van der Waals surface area contributed by atoms with Crippen molar-refractivity contribution in [3.63, 3.8) is 0 Å². The number of benzene rings is 2. The van der Waals surface area contributed by atoms with Gasteiger partial charge in [0.15, 0.2) is 6.17 Å². The first-order chi connectivity index (χ1) is 12.7. The lowest BCUT2D eigenvalue weighted by Gasteiger charge is -2.31. The number of nitrogens with one attached hydrogen (secondary N) is 2. The number of rotatable bonds is 5. The minimum atomic E-state index is -0.645. The number of hydrogen-bond acceptors (Lipinski definition) is 5. The Morgan fingerprint density at radius 1 is 1.12 bits per heavy atom. The van der Waals surface area contributed by atoms with E-state index in [-0.39, 0.29) is 12.1 Å². The first-order valence-corrected chi connectivity index (χ1v) is 8.83. The molecular weight excluding hydrogens is 330 g/mol. The number of fused-ring (bicyclic) bond motifs is 1. The first kappa shape index (κ1) is 16.6. The van der Waals surface area contributed by atoms with Crippen LogP contribution in [0, 0.1) is 0 Å². The molecule has 2 aliphatic rings. The van der Waals surface area contributed by atoms with Crippen molar-refractivity contribution in [3.05, 3.63) is 65.7 Å². The molecule has 2 aromatic carbocycles. The molecule has 3 unspecified atom stereocenters. The molecule has 6 heteroatoms. The quantitative estimate of drug-likeness (QED) is 0.867. The Kier molecular flexibility index (Phi) is 4.58. The predicted octanol–water partition coefficient (Wildman–Crippen LogP) is 2.37. The second-order valence-corrected chi connectivity index (χ2v) is 6.31. The van der Waals surface area contributed by atoms with E-state index in [1.165, 1.54) is 0 Å². The second kappa shape index (κ2) is 7.17. The lowest BCUT2D eigenvalue weighted by molar-refractivity contribution is -0.132. The summed E-state index contributed by atoms with van der Waals surface area (Å²) in [6.07, 6.45) is -0.396. The van der Waals surface area contributed by atoms with Gasteiger partial charge in [0.2, 0.25) is 12.0 Å². The fourth-order valence-corrected chi connectivity index (χ4v) is 3.05. The fraction of sp³-hybridized carbons (Fsp3) is 0.300. The summed E-state index contributed by atoms with van der Waals surface area (Å²) >= 11 is 0. The highest BCUT2D eigenvalue weighted by Crippen LogP contribution is 2.25. The average molecular weight is 351 g/mol. The van der Waals surface area contributed by atoms with Gasteiger partial charge in [-0.2, -0.15) is 0 Å². The molecule has 6 nitrogen and oxygen atoms in total. The van der Waals surface area contributed by atoms with Crippen LogP contribution in [-0.4, -0.2) is 30.7 Å². The van der Waals surface area contributed by atoms with Crippen LogP contribution in [0.4, 0.5) is 0 Å². The summed E-state index contributed by atoms with van der Waals surface area (Å²) in [5.74, 6) is 1.15. The highest BCUT2D eigenvalue weighted by molar-refractivity contribution is 5.98. The maximum Gasteiger partial charge on any atom is 0.266 e. The molecule has 3 atom stereocenters. The zero-order valence-corrected chi connectivity index (χ0v) is 14.5. The van der Waals surface area contributed by atoms with Crippen molar-refractivity contribution < 1.29 is 14.3 Å². The molecule has 0 aliphatic carbocycles. The number of aliphatic imine (C=N–C) groups is 1. The van der Waals surface area contributed by atoms with Crippen LogP contribution < -0.4 is 15.4 Å². The van der Waals surface area contributed by atoms with E-state index in [2.05, 4.69) is 22.5 Å². The van der Waals surface area contributed by atoms with Gasteiger partial charge in [0, 0.05) is 5.56 Å². The third-order valence-corrected chi connectivity index (χ3v) is 4.37.